The van der Waals surface area contributed by atoms with Crippen LogP contribution in [0.5, 0.6) is 0 Å². The van der Waals surface area contributed by atoms with Crippen molar-refractivity contribution in [1.82, 2.24) is 10.3 Å². The Morgan fingerprint density at radius 1 is 1.22 bits per heavy atom. The van der Waals surface area contributed by atoms with Gasteiger partial charge in [-0.05, 0) is 35.2 Å². The minimum Gasteiger partial charge on any atom is -0.354 e. The van der Waals surface area contributed by atoms with Gasteiger partial charge in [-0.3, -0.25) is 17.7 Å². The molecular formula is C21H24F2N6O2S. The highest BCUT2D eigenvalue weighted by atomic mass is 32.3. The molecular weight excluding hydrogens is 438 g/mol. The molecule has 3 heterocycles. The van der Waals surface area contributed by atoms with Crippen molar-refractivity contribution in [2.24, 2.45) is 5.92 Å². The van der Waals surface area contributed by atoms with Gasteiger partial charge >= 0.3 is 0 Å². The number of nitriles is 1. The molecule has 11 heteroatoms. The van der Waals surface area contributed by atoms with Crippen LogP contribution in [0.4, 0.5) is 26.0 Å². The smallest absolute Gasteiger partial charge is 0.253 e. The van der Waals surface area contributed by atoms with Crippen LogP contribution in [0.2, 0.25) is 0 Å². The zero-order valence-electron chi connectivity index (χ0n) is 17.5. The monoisotopic (exact) mass is 462 g/mol. The highest BCUT2D eigenvalue weighted by molar-refractivity contribution is 8.26. The van der Waals surface area contributed by atoms with E-state index in [-0.39, 0.29) is 13.0 Å². The molecule has 2 aliphatic heterocycles. The van der Waals surface area contributed by atoms with Gasteiger partial charge in [-0.25, -0.2) is 13.8 Å². The topological polar surface area (TPSA) is 98.9 Å². The van der Waals surface area contributed by atoms with E-state index < -0.39 is 22.8 Å². The summed E-state index contributed by atoms with van der Waals surface area (Å²) in [5, 5.41) is 12.9. The zero-order valence-corrected chi connectivity index (χ0v) is 18.3. The number of aromatic nitrogens is 1. The largest absolute Gasteiger partial charge is 0.354 e. The van der Waals surface area contributed by atoms with Gasteiger partial charge in [0.2, 0.25) is 0 Å². The van der Waals surface area contributed by atoms with Crippen LogP contribution in [0.1, 0.15) is 12.0 Å². The van der Waals surface area contributed by atoms with Crippen LogP contribution in [0, 0.1) is 17.2 Å². The molecule has 0 bridgehead atoms. The molecule has 2 aromatic rings. The van der Waals surface area contributed by atoms with E-state index in [4.69, 9.17) is 4.98 Å². The summed E-state index contributed by atoms with van der Waals surface area (Å²) in [6.45, 7) is 3.20. The summed E-state index contributed by atoms with van der Waals surface area (Å²) < 4.78 is 51.0. The number of alkyl halides is 2. The maximum Gasteiger partial charge on any atom is 0.253 e. The number of rotatable bonds is 4. The lowest BCUT2D eigenvalue weighted by molar-refractivity contribution is 0.101. The molecule has 3 N–H and O–H groups in total. The Hall–Kier alpha value is -2.65. The molecule has 2 fully saturated rings. The lowest BCUT2D eigenvalue weighted by Gasteiger charge is -2.42. The number of hydrogen-bond donors (Lipinski definition) is 3. The predicted molar refractivity (Wildman–Crippen MR) is 121 cm³/mol. The summed E-state index contributed by atoms with van der Waals surface area (Å²) in [5.74, 6) is -2.88. The van der Waals surface area contributed by atoms with E-state index in [9.17, 15) is 23.1 Å². The molecule has 1 aromatic carbocycles. The number of piperazine rings is 1. The van der Waals surface area contributed by atoms with Gasteiger partial charge in [0.1, 0.15) is 11.9 Å². The SMILES string of the molecule is CN1c2cc(-c3nc(N4CCNCC4)ccc3C#N)ccc2N(CC2CC2(F)F)S1(O)O. The van der Waals surface area contributed by atoms with Gasteiger partial charge in [0, 0.05) is 57.7 Å². The van der Waals surface area contributed by atoms with Gasteiger partial charge in [-0.15, -0.1) is 0 Å². The lowest BCUT2D eigenvalue weighted by Crippen LogP contribution is -2.43. The zero-order chi connectivity index (χ0) is 22.7. The van der Waals surface area contributed by atoms with Crippen molar-refractivity contribution < 1.29 is 17.9 Å². The Bertz CT molecular complexity index is 1100. The van der Waals surface area contributed by atoms with Crippen molar-refractivity contribution in [1.29, 1.82) is 5.26 Å². The molecule has 1 saturated carbocycles. The van der Waals surface area contributed by atoms with Gasteiger partial charge in [-0.1, -0.05) is 6.07 Å². The second kappa shape index (κ2) is 7.45. The fourth-order valence-corrected chi connectivity index (χ4v) is 5.75. The summed E-state index contributed by atoms with van der Waals surface area (Å²) in [5.41, 5.74) is 2.55. The Kier molecular flexibility index (Phi) is 4.94. The maximum absolute atomic E-state index is 13.5. The number of anilines is 3. The number of nitrogens with one attached hydrogen (secondary N) is 1. The minimum atomic E-state index is -3.44. The highest BCUT2D eigenvalue weighted by Crippen LogP contribution is 2.63. The van der Waals surface area contributed by atoms with Crippen LogP contribution < -0.4 is 18.8 Å². The fraction of sp³-hybridized carbons (Fsp3) is 0.429. The number of halogens is 2. The van der Waals surface area contributed by atoms with E-state index in [1.165, 1.54) is 15.7 Å². The van der Waals surface area contributed by atoms with Crippen molar-refractivity contribution in [3.63, 3.8) is 0 Å². The second-order valence-electron chi connectivity index (χ2n) is 8.33. The first-order chi connectivity index (χ1) is 15.2. The summed E-state index contributed by atoms with van der Waals surface area (Å²) in [4.78, 5) is 6.89. The van der Waals surface area contributed by atoms with E-state index in [0.717, 1.165) is 32.0 Å². The van der Waals surface area contributed by atoms with Crippen LogP contribution in [0.15, 0.2) is 30.3 Å². The van der Waals surface area contributed by atoms with Crippen LogP contribution >= 0.6 is 11.0 Å². The highest BCUT2D eigenvalue weighted by Gasteiger charge is 2.59. The third-order valence-corrected chi connectivity index (χ3v) is 8.17. The fourth-order valence-electron chi connectivity index (χ4n) is 4.24. The molecule has 1 unspecified atom stereocenters. The molecule has 32 heavy (non-hydrogen) atoms. The first-order valence-corrected chi connectivity index (χ1v) is 11.9. The van der Waals surface area contributed by atoms with Gasteiger partial charge < -0.3 is 10.2 Å². The maximum atomic E-state index is 13.5. The minimum absolute atomic E-state index is 0.133. The summed E-state index contributed by atoms with van der Waals surface area (Å²) >= 11 is 0. The number of fused-ring (bicyclic) bond motifs is 1. The molecule has 1 atom stereocenters. The Balaban J connectivity index is 1.52. The summed E-state index contributed by atoms with van der Waals surface area (Å²) in [6.07, 6.45) is -0.246. The van der Waals surface area contributed by atoms with Crippen LogP contribution in [-0.4, -0.2) is 59.8 Å². The summed E-state index contributed by atoms with van der Waals surface area (Å²) in [6, 6.07) is 10.9. The normalized spacial score (nSPS) is 24.1. The first kappa shape index (κ1) is 21.2. The summed E-state index contributed by atoms with van der Waals surface area (Å²) in [7, 11) is -1.91. The quantitative estimate of drug-likeness (QED) is 0.635. The van der Waals surface area contributed by atoms with Gasteiger partial charge in [0.25, 0.3) is 5.92 Å². The van der Waals surface area contributed by atoms with E-state index in [1.807, 2.05) is 6.07 Å². The lowest BCUT2D eigenvalue weighted by atomic mass is 10.0. The molecule has 170 valence electrons. The Morgan fingerprint density at radius 3 is 2.59 bits per heavy atom. The molecule has 8 nitrogen and oxygen atoms in total. The van der Waals surface area contributed by atoms with Gasteiger partial charge in [-0.2, -0.15) is 5.26 Å². The standard InChI is InChI=1S/C21H24F2N6O2S/c1-27-18-10-14(2-4-17(18)29(32(27,30)31)13-16-11-21(16,22)23)20-15(12-24)3-5-19(26-20)28-8-6-25-7-9-28/h2-5,10,16,25,30-31H,6-9,11,13H2,1H3. The van der Waals surface area contributed by atoms with Crippen LogP contribution in [0.3, 0.4) is 0 Å². The van der Waals surface area contributed by atoms with Crippen molar-refractivity contribution in [2.45, 2.75) is 12.3 Å². The van der Waals surface area contributed by atoms with Gasteiger partial charge in [0.05, 0.1) is 22.6 Å². The van der Waals surface area contributed by atoms with Gasteiger partial charge in [0.15, 0.2) is 0 Å². The third-order valence-electron chi connectivity index (χ3n) is 6.30. The third kappa shape index (κ3) is 3.44. The number of nitrogens with zero attached hydrogens (tertiary/aromatic N) is 5. The van der Waals surface area contributed by atoms with Crippen molar-refractivity contribution in [2.75, 3.05) is 53.3 Å². The van der Waals surface area contributed by atoms with Crippen molar-refractivity contribution in [3.05, 3.63) is 35.9 Å². The molecule has 5 rings (SSSR count). The van der Waals surface area contributed by atoms with E-state index in [0.29, 0.717) is 28.2 Å². The van der Waals surface area contributed by atoms with Crippen LogP contribution in [0.25, 0.3) is 11.3 Å². The second-order valence-corrected chi connectivity index (χ2v) is 10.3. The molecule has 1 aromatic heterocycles. The molecule has 3 aliphatic rings. The first-order valence-electron chi connectivity index (χ1n) is 10.4. The molecule has 0 amide bonds. The van der Waals surface area contributed by atoms with E-state index >= 15 is 0 Å². The molecule has 0 spiro atoms. The number of hydrogen-bond acceptors (Lipinski definition) is 8. The molecule has 1 aliphatic carbocycles. The average Bonchev–Trinajstić information content (AvgIpc) is 3.36. The average molecular weight is 463 g/mol. The van der Waals surface area contributed by atoms with Crippen LogP contribution in [-0.2, 0) is 0 Å². The number of benzene rings is 1. The molecule has 1 saturated heterocycles. The molecule has 0 radical (unpaired) electrons. The van der Waals surface area contributed by atoms with Crippen molar-refractivity contribution in [3.8, 4) is 17.3 Å². The Morgan fingerprint density at radius 2 is 1.94 bits per heavy atom. The van der Waals surface area contributed by atoms with E-state index in [2.05, 4.69) is 16.3 Å². The Labute approximate surface area is 186 Å². The van der Waals surface area contributed by atoms with E-state index in [1.54, 1.807) is 24.3 Å². The number of pyridine rings is 1. The predicted octanol–water partition coefficient (Wildman–Crippen LogP) is 3.52. The van der Waals surface area contributed by atoms with Crippen molar-refractivity contribution >= 4 is 28.2 Å².